The number of thioether (sulfide) groups is 1. The predicted molar refractivity (Wildman–Crippen MR) is 161 cm³/mol. The smallest absolute Gasteiger partial charge is 0.270 e. The lowest BCUT2D eigenvalue weighted by Gasteiger charge is -2.15. The molecular formula is C30H30N2O5S2. The van der Waals surface area contributed by atoms with Gasteiger partial charge in [0.25, 0.3) is 11.8 Å². The molecule has 1 aliphatic heterocycles. The van der Waals surface area contributed by atoms with Gasteiger partial charge in [0, 0.05) is 5.69 Å². The number of thiocarbonyl (C=S) groups is 1. The summed E-state index contributed by atoms with van der Waals surface area (Å²) in [5.74, 6) is 1.18. The van der Waals surface area contributed by atoms with E-state index in [4.69, 9.17) is 26.4 Å². The van der Waals surface area contributed by atoms with Crippen LogP contribution in [0.4, 0.5) is 11.4 Å². The first kappa shape index (κ1) is 28.2. The Morgan fingerprint density at radius 2 is 1.64 bits per heavy atom. The minimum Gasteiger partial charge on any atom is -0.494 e. The number of ether oxygens (including phenoxy) is 3. The number of benzene rings is 3. The van der Waals surface area contributed by atoms with Crippen LogP contribution in [0.25, 0.3) is 6.08 Å². The highest BCUT2D eigenvalue weighted by molar-refractivity contribution is 8.27. The molecule has 0 spiro atoms. The van der Waals surface area contributed by atoms with Crippen molar-refractivity contribution in [2.24, 2.45) is 0 Å². The Bertz CT molecular complexity index is 1370. The van der Waals surface area contributed by atoms with Crippen molar-refractivity contribution in [2.75, 3.05) is 30.0 Å². The molecule has 1 aliphatic rings. The van der Waals surface area contributed by atoms with Crippen molar-refractivity contribution < 1.29 is 23.8 Å². The Hall–Kier alpha value is -3.82. The van der Waals surface area contributed by atoms with Gasteiger partial charge in [0.15, 0.2) is 22.4 Å². The maximum atomic E-state index is 13.2. The molecule has 202 valence electrons. The molecular weight excluding hydrogens is 532 g/mol. The van der Waals surface area contributed by atoms with E-state index >= 15 is 0 Å². The Balaban J connectivity index is 1.44. The summed E-state index contributed by atoms with van der Waals surface area (Å²) in [4.78, 5) is 27.6. The van der Waals surface area contributed by atoms with Gasteiger partial charge in [-0.2, -0.15) is 0 Å². The van der Waals surface area contributed by atoms with E-state index in [1.165, 1.54) is 22.2 Å². The summed E-state index contributed by atoms with van der Waals surface area (Å²) in [6.07, 6.45) is 2.71. The molecule has 2 amide bonds. The third-order valence-electron chi connectivity index (χ3n) is 5.77. The van der Waals surface area contributed by atoms with E-state index in [1.54, 1.807) is 18.2 Å². The number of amides is 2. The number of carbonyl (C=O) groups excluding carboxylic acids is 2. The summed E-state index contributed by atoms with van der Waals surface area (Å²) in [5.41, 5.74) is 3.34. The zero-order valence-electron chi connectivity index (χ0n) is 22.1. The van der Waals surface area contributed by atoms with Crippen LogP contribution in [0.2, 0.25) is 0 Å². The van der Waals surface area contributed by atoms with E-state index in [2.05, 4.69) is 12.2 Å². The number of aryl methyl sites for hydroxylation is 1. The van der Waals surface area contributed by atoms with Crippen LogP contribution in [0.5, 0.6) is 17.2 Å². The van der Waals surface area contributed by atoms with Crippen LogP contribution in [0.3, 0.4) is 0 Å². The number of nitrogens with one attached hydrogen (secondary N) is 1. The molecule has 3 aromatic rings. The summed E-state index contributed by atoms with van der Waals surface area (Å²) in [5, 5.41) is 2.83. The Labute approximate surface area is 238 Å². The maximum Gasteiger partial charge on any atom is 0.270 e. The molecule has 0 aliphatic carbocycles. The van der Waals surface area contributed by atoms with Crippen molar-refractivity contribution in [1.29, 1.82) is 0 Å². The van der Waals surface area contributed by atoms with Crippen LogP contribution < -0.4 is 24.4 Å². The second kappa shape index (κ2) is 13.3. The van der Waals surface area contributed by atoms with Gasteiger partial charge in [0.2, 0.25) is 0 Å². The van der Waals surface area contributed by atoms with Crippen LogP contribution in [0.1, 0.15) is 31.9 Å². The fourth-order valence-electron chi connectivity index (χ4n) is 3.87. The van der Waals surface area contributed by atoms with Crippen molar-refractivity contribution >= 4 is 57.6 Å². The molecule has 0 aromatic heterocycles. The van der Waals surface area contributed by atoms with Crippen LogP contribution >= 0.6 is 24.0 Å². The number of nitrogens with zero attached hydrogens (tertiary/aromatic N) is 1. The lowest BCUT2D eigenvalue weighted by molar-refractivity contribution is -0.118. The Kier molecular flexibility index (Phi) is 9.62. The standard InChI is InChI=1S/C30H30N2O5S2/c1-4-20-7-10-22(11-8-20)31-28(33)19-37-25-16-9-21(17-26(25)36-6-3)18-27-29(34)32(30(38)39-27)23-12-14-24(15-13-23)35-5-2/h7-18H,4-6,19H2,1-3H3,(H,31,33)/b27-18-. The first-order valence-electron chi connectivity index (χ1n) is 12.7. The summed E-state index contributed by atoms with van der Waals surface area (Å²) in [7, 11) is 0. The van der Waals surface area contributed by atoms with E-state index in [0.29, 0.717) is 45.3 Å². The Morgan fingerprint density at radius 3 is 2.31 bits per heavy atom. The molecule has 1 saturated heterocycles. The molecule has 0 atom stereocenters. The summed E-state index contributed by atoms with van der Waals surface area (Å²) >= 11 is 6.74. The SMILES string of the molecule is CCOc1ccc(N2C(=O)/C(=C/c3ccc(OCC(=O)Nc4ccc(CC)cc4)c(OCC)c3)SC2=S)cc1. The number of hydrogen-bond donors (Lipinski definition) is 1. The summed E-state index contributed by atoms with van der Waals surface area (Å²) in [6, 6.07) is 20.3. The van der Waals surface area contributed by atoms with Crippen LogP contribution in [0, 0.1) is 0 Å². The molecule has 1 fully saturated rings. The molecule has 3 aromatic carbocycles. The van der Waals surface area contributed by atoms with Gasteiger partial charge in [-0.1, -0.05) is 49.1 Å². The van der Waals surface area contributed by atoms with Crippen molar-refractivity contribution in [1.82, 2.24) is 0 Å². The number of rotatable bonds is 11. The number of anilines is 2. The normalized spacial score (nSPS) is 14.0. The first-order chi connectivity index (χ1) is 18.9. The molecule has 39 heavy (non-hydrogen) atoms. The van der Waals surface area contributed by atoms with Crippen LogP contribution in [-0.4, -0.2) is 36.0 Å². The molecule has 9 heteroatoms. The Morgan fingerprint density at radius 1 is 0.923 bits per heavy atom. The molecule has 0 unspecified atom stereocenters. The van der Waals surface area contributed by atoms with E-state index in [9.17, 15) is 9.59 Å². The fraction of sp³-hybridized carbons (Fsp3) is 0.233. The average molecular weight is 563 g/mol. The van der Waals surface area contributed by atoms with E-state index in [1.807, 2.05) is 68.4 Å². The van der Waals surface area contributed by atoms with Crippen LogP contribution in [0.15, 0.2) is 71.6 Å². The van der Waals surface area contributed by atoms with Crippen molar-refractivity contribution in [3.63, 3.8) is 0 Å². The summed E-state index contributed by atoms with van der Waals surface area (Å²) < 4.78 is 17.5. The number of carbonyl (C=O) groups is 2. The second-order valence-electron chi connectivity index (χ2n) is 8.47. The predicted octanol–water partition coefficient (Wildman–Crippen LogP) is 6.47. The van der Waals surface area contributed by atoms with Gasteiger partial charge < -0.3 is 19.5 Å². The highest BCUT2D eigenvalue weighted by Gasteiger charge is 2.33. The fourth-order valence-corrected chi connectivity index (χ4v) is 5.16. The first-order valence-corrected chi connectivity index (χ1v) is 13.9. The van der Waals surface area contributed by atoms with Gasteiger partial charge in [-0.3, -0.25) is 14.5 Å². The average Bonchev–Trinajstić information content (AvgIpc) is 3.21. The molecule has 1 N–H and O–H groups in total. The molecule has 0 radical (unpaired) electrons. The molecule has 7 nitrogen and oxygen atoms in total. The third kappa shape index (κ3) is 7.19. The highest BCUT2D eigenvalue weighted by Crippen LogP contribution is 2.37. The van der Waals surface area contributed by atoms with Gasteiger partial charge in [-0.25, -0.2) is 0 Å². The lowest BCUT2D eigenvalue weighted by Crippen LogP contribution is -2.27. The van der Waals surface area contributed by atoms with Crippen molar-refractivity contribution in [3.8, 4) is 17.2 Å². The second-order valence-corrected chi connectivity index (χ2v) is 10.1. The quantitative estimate of drug-likeness (QED) is 0.212. The summed E-state index contributed by atoms with van der Waals surface area (Å²) in [6.45, 7) is 6.67. The maximum absolute atomic E-state index is 13.2. The molecule has 4 rings (SSSR count). The van der Waals surface area contributed by atoms with Crippen LogP contribution in [-0.2, 0) is 16.0 Å². The molecule has 1 heterocycles. The monoisotopic (exact) mass is 562 g/mol. The van der Waals surface area contributed by atoms with Crippen molar-refractivity contribution in [3.05, 3.63) is 82.8 Å². The van der Waals surface area contributed by atoms with Gasteiger partial charge in [0.1, 0.15) is 5.75 Å². The van der Waals surface area contributed by atoms with Crippen molar-refractivity contribution in [2.45, 2.75) is 27.2 Å². The zero-order chi connectivity index (χ0) is 27.8. The number of hydrogen-bond acceptors (Lipinski definition) is 7. The zero-order valence-corrected chi connectivity index (χ0v) is 23.7. The molecule has 0 bridgehead atoms. The van der Waals surface area contributed by atoms with E-state index < -0.39 is 0 Å². The lowest BCUT2D eigenvalue weighted by atomic mass is 10.1. The van der Waals surface area contributed by atoms with E-state index in [0.717, 1.165) is 17.7 Å². The van der Waals surface area contributed by atoms with Gasteiger partial charge >= 0.3 is 0 Å². The van der Waals surface area contributed by atoms with Gasteiger partial charge in [-0.05, 0) is 86.0 Å². The topological polar surface area (TPSA) is 77.1 Å². The highest BCUT2D eigenvalue weighted by atomic mass is 32.2. The minimum atomic E-state index is -0.274. The molecule has 0 saturated carbocycles. The van der Waals surface area contributed by atoms with Gasteiger partial charge in [0.05, 0.1) is 23.8 Å². The van der Waals surface area contributed by atoms with E-state index in [-0.39, 0.29) is 18.4 Å². The minimum absolute atomic E-state index is 0.171. The largest absolute Gasteiger partial charge is 0.494 e. The third-order valence-corrected chi connectivity index (χ3v) is 7.07. The van der Waals surface area contributed by atoms with Gasteiger partial charge in [-0.15, -0.1) is 0 Å².